The molecule has 0 spiro atoms. The van der Waals surface area contributed by atoms with Gasteiger partial charge in [-0.3, -0.25) is 4.90 Å². The fourth-order valence-electron chi connectivity index (χ4n) is 2.68. The predicted molar refractivity (Wildman–Crippen MR) is 86.3 cm³/mol. The van der Waals surface area contributed by atoms with E-state index in [0.717, 1.165) is 42.0 Å². The molecule has 0 radical (unpaired) electrons. The molecule has 3 rings (SSSR count). The number of hydrogen-bond acceptors (Lipinski definition) is 3. The molecule has 0 amide bonds. The second-order valence-corrected chi connectivity index (χ2v) is 5.82. The zero-order valence-electron chi connectivity index (χ0n) is 11.4. The van der Waals surface area contributed by atoms with Crippen molar-refractivity contribution in [3.63, 3.8) is 0 Å². The lowest BCUT2D eigenvalue weighted by molar-refractivity contribution is 0.180. The number of nitrogens with zero attached hydrogens (tertiary/aromatic N) is 1. The van der Waals surface area contributed by atoms with Crippen LogP contribution in [0.1, 0.15) is 17.4 Å². The fourth-order valence-corrected chi connectivity index (χ4v) is 3.16. The first-order chi connectivity index (χ1) is 9.74. The van der Waals surface area contributed by atoms with Gasteiger partial charge >= 0.3 is 0 Å². The van der Waals surface area contributed by atoms with Crippen LogP contribution in [0.25, 0.3) is 0 Å². The van der Waals surface area contributed by atoms with E-state index in [4.69, 9.17) is 4.42 Å². The van der Waals surface area contributed by atoms with Crippen molar-refractivity contribution in [3.8, 4) is 0 Å². The molecule has 0 aliphatic carbocycles. The van der Waals surface area contributed by atoms with Crippen molar-refractivity contribution < 1.29 is 8.81 Å². The van der Waals surface area contributed by atoms with Crippen LogP contribution in [0.4, 0.5) is 4.39 Å². The molecule has 1 atom stereocenters. The predicted octanol–water partition coefficient (Wildman–Crippen LogP) is 3.60. The van der Waals surface area contributed by atoms with Gasteiger partial charge in [0.25, 0.3) is 0 Å². The molecule has 6 heteroatoms. The second kappa shape index (κ2) is 7.40. The van der Waals surface area contributed by atoms with Gasteiger partial charge in [-0.15, -0.1) is 12.4 Å². The number of hydrogen-bond donors (Lipinski definition) is 1. The molecule has 0 saturated carbocycles. The van der Waals surface area contributed by atoms with E-state index in [1.165, 1.54) is 6.07 Å². The second-order valence-electron chi connectivity index (χ2n) is 4.91. The van der Waals surface area contributed by atoms with Gasteiger partial charge in [-0.1, -0.05) is 15.9 Å². The average molecular weight is 376 g/mol. The van der Waals surface area contributed by atoms with E-state index < -0.39 is 0 Å². The summed E-state index contributed by atoms with van der Waals surface area (Å²) in [6.07, 6.45) is 1.67. The molecule has 1 aromatic carbocycles. The van der Waals surface area contributed by atoms with E-state index in [0.29, 0.717) is 0 Å². The summed E-state index contributed by atoms with van der Waals surface area (Å²) in [5.74, 6) is 0.616. The Bertz CT molecular complexity index is 553. The van der Waals surface area contributed by atoms with Gasteiger partial charge in [0.15, 0.2) is 0 Å². The van der Waals surface area contributed by atoms with Crippen molar-refractivity contribution >= 4 is 28.3 Å². The van der Waals surface area contributed by atoms with Crippen molar-refractivity contribution in [2.75, 3.05) is 26.2 Å². The molecule has 0 bridgehead atoms. The monoisotopic (exact) mass is 374 g/mol. The van der Waals surface area contributed by atoms with Crippen LogP contribution in [0.15, 0.2) is 45.5 Å². The summed E-state index contributed by atoms with van der Waals surface area (Å²) in [5.41, 5.74) is 0.911. The van der Waals surface area contributed by atoms with Crippen LogP contribution in [0.3, 0.4) is 0 Å². The first kappa shape index (κ1) is 16.5. The van der Waals surface area contributed by atoms with Gasteiger partial charge in [0.1, 0.15) is 11.6 Å². The first-order valence-electron chi connectivity index (χ1n) is 6.68. The van der Waals surface area contributed by atoms with Crippen LogP contribution in [0.5, 0.6) is 0 Å². The lowest BCUT2D eigenvalue weighted by Gasteiger charge is -2.34. The highest BCUT2D eigenvalue weighted by atomic mass is 79.9. The van der Waals surface area contributed by atoms with Crippen LogP contribution in [-0.2, 0) is 0 Å². The Kier molecular flexibility index (Phi) is 5.81. The van der Waals surface area contributed by atoms with Gasteiger partial charge in [0.05, 0.1) is 12.3 Å². The van der Waals surface area contributed by atoms with Gasteiger partial charge in [-0.2, -0.15) is 0 Å². The van der Waals surface area contributed by atoms with Crippen LogP contribution < -0.4 is 5.32 Å². The Morgan fingerprint density at radius 3 is 2.62 bits per heavy atom. The van der Waals surface area contributed by atoms with Gasteiger partial charge < -0.3 is 9.73 Å². The third kappa shape index (κ3) is 3.86. The fraction of sp³-hybridized carbons (Fsp3) is 0.333. The van der Waals surface area contributed by atoms with Gasteiger partial charge in [-0.25, -0.2) is 4.39 Å². The smallest absolute Gasteiger partial charge is 0.125 e. The minimum atomic E-state index is -0.235. The highest BCUT2D eigenvalue weighted by molar-refractivity contribution is 9.10. The molecule has 1 fully saturated rings. The molecule has 21 heavy (non-hydrogen) atoms. The summed E-state index contributed by atoms with van der Waals surface area (Å²) in [6, 6.07) is 8.79. The number of halogens is 3. The zero-order valence-corrected chi connectivity index (χ0v) is 13.8. The van der Waals surface area contributed by atoms with Crippen LogP contribution in [-0.4, -0.2) is 31.1 Å². The number of rotatable bonds is 3. The summed E-state index contributed by atoms with van der Waals surface area (Å²) in [6.45, 7) is 3.71. The number of nitrogens with one attached hydrogen (secondary N) is 1. The average Bonchev–Trinajstić information content (AvgIpc) is 2.93. The lowest BCUT2D eigenvalue weighted by Crippen LogP contribution is -2.45. The highest BCUT2D eigenvalue weighted by Crippen LogP contribution is 2.31. The maximum absolute atomic E-state index is 13.7. The molecule has 1 N–H and O–H groups in total. The van der Waals surface area contributed by atoms with Gasteiger partial charge in [0, 0.05) is 30.7 Å². The summed E-state index contributed by atoms with van der Waals surface area (Å²) in [5, 5.41) is 3.33. The molecule has 3 nitrogen and oxygen atoms in total. The summed E-state index contributed by atoms with van der Waals surface area (Å²) in [7, 11) is 0. The van der Waals surface area contributed by atoms with Crippen molar-refractivity contribution in [1.82, 2.24) is 10.2 Å². The van der Waals surface area contributed by atoms with Crippen molar-refractivity contribution in [2.24, 2.45) is 0 Å². The molecule has 2 aromatic rings. The molecular formula is C15H17BrClFN2O. The molecule has 1 aromatic heterocycles. The normalized spacial score (nSPS) is 17.2. The van der Waals surface area contributed by atoms with E-state index in [1.54, 1.807) is 12.3 Å². The van der Waals surface area contributed by atoms with Gasteiger partial charge in [0.2, 0.25) is 0 Å². The van der Waals surface area contributed by atoms with Crippen molar-refractivity contribution in [2.45, 2.75) is 6.04 Å². The van der Waals surface area contributed by atoms with E-state index in [1.807, 2.05) is 18.2 Å². The summed E-state index contributed by atoms with van der Waals surface area (Å²) >= 11 is 3.37. The number of benzene rings is 1. The van der Waals surface area contributed by atoms with Gasteiger partial charge in [-0.05, 0) is 35.9 Å². The number of piperazine rings is 1. The molecule has 1 aliphatic rings. The Hall–Kier alpha value is -0.880. The SMILES string of the molecule is Cl.Fc1cc(Br)cc([C@@H](c2ccco2)N2CCNCC2)c1. The summed E-state index contributed by atoms with van der Waals surface area (Å²) in [4.78, 5) is 2.32. The standard InChI is InChI=1S/C15H16BrFN2O.ClH/c16-12-8-11(9-13(17)10-12)15(14-2-1-7-20-14)19-5-3-18-4-6-19;/h1-2,7-10,15,18H,3-6H2;1H/t15-;/m0./s1. The Morgan fingerprint density at radius 1 is 1.24 bits per heavy atom. The van der Waals surface area contributed by atoms with Crippen molar-refractivity contribution in [1.29, 1.82) is 0 Å². The highest BCUT2D eigenvalue weighted by Gasteiger charge is 2.26. The first-order valence-corrected chi connectivity index (χ1v) is 7.47. The maximum atomic E-state index is 13.7. The largest absolute Gasteiger partial charge is 0.467 e. The van der Waals surface area contributed by atoms with E-state index >= 15 is 0 Å². The minimum Gasteiger partial charge on any atom is -0.467 e. The maximum Gasteiger partial charge on any atom is 0.125 e. The quantitative estimate of drug-likeness (QED) is 0.888. The summed E-state index contributed by atoms with van der Waals surface area (Å²) < 4.78 is 20.0. The van der Waals surface area contributed by atoms with Crippen LogP contribution in [0, 0.1) is 5.82 Å². The minimum absolute atomic E-state index is 0. The third-order valence-electron chi connectivity index (χ3n) is 3.53. The number of furan rings is 1. The zero-order chi connectivity index (χ0) is 13.9. The Balaban J connectivity index is 0.00000161. The molecule has 2 heterocycles. The Morgan fingerprint density at radius 2 is 2.00 bits per heavy atom. The van der Waals surface area contributed by atoms with Crippen LogP contribution >= 0.6 is 28.3 Å². The van der Waals surface area contributed by atoms with E-state index in [9.17, 15) is 4.39 Å². The molecule has 0 unspecified atom stereocenters. The van der Waals surface area contributed by atoms with E-state index in [2.05, 4.69) is 26.1 Å². The Labute approximate surface area is 138 Å². The van der Waals surface area contributed by atoms with E-state index in [-0.39, 0.29) is 24.3 Å². The third-order valence-corrected chi connectivity index (χ3v) is 3.99. The lowest BCUT2D eigenvalue weighted by atomic mass is 10.0. The molecule has 114 valence electrons. The topological polar surface area (TPSA) is 28.4 Å². The van der Waals surface area contributed by atoms with Crippen molar-refractivity contribution in [3.05, 3.63) is 58.2 Å². The molecular weight excluding hydrogens is 359 g/mol. The van der Waals surface area contributed by atoms with Crippen LogP contribution in [0.2, 0.25) is 0 Å². The molecule has 1 saturated heterocycles. The molecule has 1 aliphatic heterocycles.